The average Bonchev–Trinajstić information content (AvgIpc) is 2.96. The number of thiazole rings is 1. The second kappa shape index (κ2) is 7.44. The summed E-state index contributed by atoms with van der Waals surface area (Å²) in [5, 5.41) is 3.35. The maximum absolute atomic E-state index is 13.1. The SMILES string of the molecule is COc1ccccc1CC(=O)Nc1nc(-c2ccc(F)cc2)c(C)s1. The lowest BCUT2D eigenvalue weighted by Crippen LogP contribution is -2.14. The van der Waals surface area contributed by atoms with Crippen LogP contribution in [0.15, 0.2) is 48.5 Å². The molecule has 0 radical (unpaired) electrons. The van der Waals surface area contributed by atoms with Crippen molar-refractivity contribution in [2.75, 3.05) is 12.4 Å². The van der Waals surface area contributed by atoms with Gasteiger partial charge in [0, 0.05) is 16.0 Å². The highest BCUT2D eigenvalue weighted by atomic mass is 32.1. The van der Waals surface area contributed by atoms with E-state index in [1.807, 2.05) is 31.2 Å². The molecule has 6 heteroatoms. The lowest BCUT2D eigenvalue weighted by molar-refractivity contribution is -0.115. The normalized spacial score (nSPS) is 10.5. The van der Waals surface area contributed by atoms with Crippen LogP contribution in [-0.4, -0.2) is 18.0 Å². The fourth-order valence-corrected chi connectivity index (χ4v) is 3.36. The fourth-order valence-electron chi connectivity index (χ4n) is 2.51. The summed E-state index contributed by atoms with van der Waals surface area (Å²) in [6, 6.07) is 13.6. The van der Waals surface area contributed by atoms with Crippen molar-refractivity contribution in [1.29, 1.82) is 0 Å². The summed E-state index contributed by atoms with van der Waals surface area (Å²) in [6.45, 7) is 1.92. The smallest absolute Gasteiger partial charge is 0.230 e. The summed E-state index contributed by atoms with van der Waals surface area (Å²) < 4.78 is 18.3. The second-order valence-electron chi connectivity index (χ2n) is 5.47. The van der Waals surface area contributed by atoms with Crippen molar-refractivity contribution in [3.8, 4) is 17.0 Å². The quantitative estimate of drug-likeness (QED) is 0.735. The average molecular weight is 356 g/mol. The summed E-state index contributed by atoms with van der Waals surface area (Å²) in [5.41, 5.74) is 2.38. The number of aryl methyl sites for hydroxylation is 1. The zero-order chi connectivity index (χ0) is 17.8. The van der Waals surface area contributed by atoms with Crippen LogP contribution < -0.4 is 10.1 Å². The molecule has 0 bridgehead atoms. The first-order valence-electron chi connectivity index (χ1n) is 7.72. The Labute approximate surface area is 149 Å². The van der Waals surface area contributed by atoms with Crippen LogP contribution in [0.4, 0.5) is 9.52 Å². The predicted molar refractivity (Wildman–Crippen MR) is 97.6 cm³/mol. The lowest BCUT2D eigenvalue weighted by Gasteiger charge is -2.07. The standard InChI is InChI=1S/C19H17FN2O2S/c1-12-18(13-7-9-15(20)10-8-13)22-19(25-12)21-17(23)11-14-5-3-4-6-16(14)24-2/h3-10H,11H2,1-2H3,(H,21,22,23). The first kappa shape index (κ1) is 17.1. The van der Waals surface area contributed by atoms with E-state index in [2.05, 4.69) is 10.3 Å². The number of anilines is 1. The van der Waals surface area contributed by atoms with Crippen molar-refractivity contribution >= 4 is 22.4 Å². The number of ether oxygens (including phenoxy) is 1. The number of para-hydroxylation sites is 1. The Bertz CT molecular complexity index is 891. The van der Waals surface area contributed by atoms with E-state index in [9.17, 15) is 9.18 Å². The second-order valence-corrected chi connectivity index (χ2v) is 6.67. The minimum absolute atomic E-state index is 0.163. The highest BCUT2D eigenvalue weighted by Gasteiger charge is 2.14. The molecule has 0 saturated carbocycles. The van der Waals surface area contributed by atoms with E-state index in [0.29, 0.717) is 10.9 Å². The molecule has 0 fully saturated rings. The fraction of sp³-hybridized carbons (Fsp3) is 0.158. The van der Waals surface area contributed by atoms with Gasteiger partial charge in [-0.1, -0.05) is 18.2 Å². The zero-order valence-corrected chi connectivity index (χ0v) is 14.7. The molecular weight excluding hydrogens is 339 g/mol. The maximum atomic E-state index is 13.1. The van der Waals surface area contributed by atoms with Crippen LogP contribution in [-0.2, 0) is 11.2 Å². The number of carbonyl (C=O) groups excluding carboxylic acids is 1. The third-order valence-corrected chi connectivity index (χ3v) is 4.59. The molecule has 0 aliphatic heterocycles. The van der Waals surface area contributed by atoms with Gasteiger partial charge in [0.1, 0.15) is 11.6 Å². The number of nitrogens with one attached hydrogen (secondary N) is 1. The predicted octanol–water partition coefficient (Wildman–Crippen LogP) is 4.45. The molecule has 0 spiro atoms. The Morgan fingerprint density at radius 3 is 2.64 bits per heavy atom. The third kappa shape index (κ3) is 4.03. The summed E-state index contributed by atoms with van der Waals surface area (Å²) in [7, 11) is 1.58. The van der Waals surface area contributed by atoms with Gasteiger partial charge >= 0.3 is 0 Å². The molecule has 1 N–H and O–H groups in total. The van der Waals surface area contributed by atoms with Gasteiger partial charge < -0.3 is 10.1 Å². The van der Waals surface area contributed by atoms with Gasteiger partial charge in [0.05, 0.1) is 19.2 Å². The summed E-state index contributed by atoms with van der Waals surface area (Å²) in [6.07, 6.45) is 0.203. The molecule has 3 aromatic rings. The highest BCUT2D eigenvalue weighted by Crippen LogP contribution is 2.30. The molecular formula is C19H17FN2O2S. The van der Waals surface area contributed by atoms with Crippen molar-refractivity contribution in [3.05, 3.63) is 64.8 Å². The monoisotopic (exact) mass is 356 g/mol. The Morgan fingerprint density at radius 2 is 1.92 bits per heavy atom. The maximum Gasteiger partial charge on any atom is 0.230 e. The van der Waals surface area contributed by atoms with E-state index in [1.54, 1.807) is 19.2 Å². The largest absolute Gasteiger partial charge is 0.496 e. The van der Waals surface area contributed by atoms with Crippen LogP contribution in [0.5, 0.6) is 5.75 Å². The molecule has 0 saturated heterocycles. The van der Waals surface area contributed by atoms with E-state index in [0.717, 1.165) is 21.7 Å². The molecule has 0 aliphatic rings. The van der Waals surface area contributed by atoms with Crippen molar-refractivity contribution in [3.63, 3.8) is 0 Å². The van der Waals surface area contributed by atoms with Gasteiger partial charge in [-0.2, -0.15) is 0 Å². The highest BCUT2D eigenvalue weighted by molar-refractivity contribution is 7.16. The number of methoxy groups -OCH3 is 1. The molecule has 4 nitrogen and oxygen atoms in total. The molecule has 0 aliphatic carbocycles. The van der Waals surface area contributed by atoms with E-state index in [1.165, 1.54) is 23.5 Å². The van der Waals surface area contributed by atoms with Crippen molar-refractivity contribution in [2.24, 2.45) is 0 Å². The molecule has 0 unspecified atom stereocenters. The number of hydrogen-bond donors (Lipinski definition) is 1. The van der Waals surface area contributed by atoms with Gasteiger partial charge in [-0.3, -0.25) is 4.79 Å². The Morgan fingerprint density at radius 1 is 1.20 bits per heavy atom. The Balaban J connectivity index is 1.74. The minimum atomic E-state index is -0.290. The molecule has 25 heavy (non-hydrogen) atoms. The zero-order valence-electron chi connectivity index (χ0n) is 13.9. The molecule has 1 amide bonds. The number of nitrogens with zero attached hydrogens (tertiary/aromatic N) is 1. The minimum Gasteiger partial charge on any atom is -0.496 e. The van der Waals surface area contributed by atoms with Crippen molar-refractivity contribution < 1.29 is 13.9 Å². The van der Waals surface area contributed by atoms with Crippen LogP contribution >= 0.6 is 11.3 Å². The van der Waals surface area contributed by atoms with Crippen molar-refractivity contribution in [2.45, 2.75) is 13.3 Å². The first-order valence-corrected chi connectivity index (χ1v) is 8.53. The lowest BCUT2D eigenvalue weighted by atomic mass is 10.1. The third-order valence-electron chi connectivity index (χ3n) is 3.70. The van der Waals surface area contributed by atoms with E-state index in [4.69, 9.17) is 4.74 Å². The van der Waals surface area contributed by atoms with E-state index >= 15 is 0 Å². The van der Waals surface area contributed by atoms with E-state index in [-0.39, 0.29) is 18.1 Å². The Hall–Kier alpha value is -2.73. The summed E-state index contributed by atoms with van der Waals surface area (Å²) in [5.74, 6) is 0.228. The number of carbonyl (C=O) groups is 1. The van der Waals surface area contributed by atoms with Crippen LogP contribution in [0.3, 0.4) is 0 Å². The number of aromatic nitrogens is 1. The number of amides is 1. The van der Waals surface area contributed by atoms with Gasteiger partial charge in [0.2, 0.25) is 5.91 Å². The molecule has 128 valence electrons. The van der Waals surface area contributed by atoms with E-state index < -0.39 is 0 Å². The van der Waals surface area contributed by atoms with Crippen molar-refractivity contribution in [1.82, 2.24) is 4.98 Å². The molecule has 3 rings (SSSR count). The Kier molecular flexibility index (Phi) is 5.09. The molecule has 0 atom stereocenters. The topological polar surface area (TPSA) is 51.2 Å². The number of halogens is 1. The molecule has 2 aromatic carbocycles. The van der Waals surface area contributed by atoms with Gasteiger partial charge in [-0.05, 0) is 37.3 Å². The molecule has 1 heterocycles. The molecule has 1 aromatic heterocycles. The van der Waals surface area contributed by atoms with Gasteiger partial charge in [-0.25, -0.2) is 9.37 Å². The van der Waals surface area contributed by atoms with Gasteiger partial charge in [0.15, 0.2) is 5.13 Å². The summed E-state index contributed by atoms with van der Waals surface area (Å²) >= 11 is 1.39. The summed E-state index contributed by atoms with van der Waals surface area (Å²) in [4.78, 5) is 17.7. The van der Waals surface area contributed by atoms with Crippen LogP contribution in [0, 0.1) is 12.7 Å². The van der Waals surface area contributed by atoms with Crippen LogP contribution in [0.25, 0.3) is 11.3 Å². The number of benzene rings is 2. The van der Waals surface area contributed by atoms with Crippen LogP contribution in [0.2, 0.25) is 0 Å². The number of hydrogen-bond acceptors (Lipinski definition) is 4. The number of rotatable bonds is 5. The van der Waals surface area contributed by atoms with Gasteiger partial charge in [-0.15, -0.1) is 11.3 Å². The first-order chi connectivity index (χ1) is 12.1. The van der Waals surface area contributed by atoms with Gasteiger partial charge in [0.25, 0.3) is 0 Å². The van der Waals surface area contributed by atoms with Crippen LogP contribution in [0.1, 0.15) is 10.4 Å².